The van der Waals surface area contributed by atoms with Crippen molar-refractivity contribution in [3.05, 3.63) is 0 Å². The number of carbonyl (C=O) groups excluding carboxylic acids is 1. The van der Waals surface area contributed by atoms with Crippen molar-refractivity contribution >= 4 is 6.03 Å². The third kappa shape index (κ3) is 3.61. The Bertz CT molecular complexity index is 258. The number of likely N-dealkylation sites (tertiary alicyclic amines) is 1. The molecule has 4 heteroatoms. The van der Waals surface area contributed by atoms with E-state index in [1.165, 1.54) is 38.5 Å². The van der Waals surface area contributed by atoms with Crippen LogP contribution in [0.4, 0.5) is 4.79 Å². The van der Waals surface area contributed by atoms with Crippen LogP contribution >= 0.6 is 0 Å². The van der Waals surface area contributed by atoms with E-state index >= 15 is 0 Å². The maximum absolute atomic E-state index is 12.2. The number of nitrogens with two attached hydrogens (primary N) is 1. The molecule has 0 aromatic heterocycles. The first-order chi connectivity index (χ1) is 8.81. The number of hydrogen-bond acceptors (Lipinski definition) is 2. The molecule has 0 spiro atoms. The van der Waals surface area contributed by atoms with Crippen LogP contribution in [0.15, 0.2) is 0 Å². The molecule has 2 rings (SSSR count). The van der Waals surface area contributed by atoms with E-state index in [1.807, 2.05) is 4.90 Å². The number of nitrogens with zero attached hydrogens (tertiary/aromatic N) is 1. The molecule has 1 heterocycles. The second-order valence-corrected chi connectivity index (χ2v) is 5.74. The fraction of sp³-hybridized carbons (Fsp3) is 0.929. The average molecular weight is 253 g/mol. The minimum atomic E-state index is 0.107. The van der Waals surface area contributed by atoms with E-state index < -0.39 is 0 Å². The third-order valence-corrected chi connectivity index (χ3v) is 4.42. The Morgan fingerprint density at radius 3 is 2.33 bits per heavy atom. The molecule has 0 aromatic carbocycles. The standard InChI is InChI=1S/C14H27N3O/c15-11-13(12-7-3-1-4-8-12)16-14(18)17-9-5-2-6-10-17/h12-13H,1-11,15H2,(H,16,18). The van der Waals surface area contributed by atoms with Crippen molar-refractivity contribution in [2.75, 3.05) is 19.6 Å². The lowest BCUT2D eigenvalue weighted by molar-refractivity contribution is 0.173. The molecule has 1 unspecified atom stereocenters. The Kier molecular flexibility index (Phi) is 5.29. The monoisotopic (exact) mass is 253 g/mol. The van der Waals surface area contributed by atoms with E-state index in [2.05, 4.69) is 5.32 Å². The zero-order valence-corrected chi connectivity index (χ0v) is 11.4. The number of rotatable bonds is 3. The summed E-state index contributed by atoms with van der Waals surface area (Å²) in [6.45, 7) is 2.39. The van der Waals surface area contributed by atoms with E-state index in [1.54, 1.807) is 0 Å². The topological polar surface area (TPSA) is 58.4 Å². The molecule has 0 aromatic rings. The summed E-state index contributed by atoms with van der Waals surface area (Å²) in [4.78, 5) is 14.1. The first kappa shape index (κ1) is 13.7. The lowest BCUT2D eigenvalue weighted by Gasteiger charge is -2.33. The fourth-order valence-corrected chi connectivity index (χ4v) is 3.25. The van der Waals surface area contributed by atoms with Crippen LogP contribution in [-0.2, 0) is 0 Å². The molecule has 0 radical (unpaired) electrons. The van der Waals surface area contributed by atoms with Crippen LogP contribution < -0.4 is 11.1 Å². The molecule has 0 bridgehead atoms. The Morgan fingerprint density at radius 1 is 1.11 bits per heavy atom. The van der Waals surface area contributed by atoms with Crippen molar-refractivity contribution in [3.8, 4) is 0 Å². The first-order valence-electron chi connectivity index (χ1n) is 7.57. The van der Waals surface area contributed by atoms with Gasteiger partial charge in [-0.05, 0) is 38.0 Å². The Labute approximate surface area is 110 Å². The van der Waals surface area contributed by atoms with Crippen molar-refractivity contribution < 1.29 is 4.79 Å². The van der Waals surface area contributed by atoms with Crippen molar-refractivity contribution in [2.45, 2.75) is 57.4 Å². The van der Waals surface area contributed by atoms with Gasteiger partial charge in [-0.1, -0.05) is 19.3 Å². The van der Waals surface area contributed by atoms with E-state index in [4.69, 9.17) is 5.73 Å². The van der Waals surface area contributed by atoms with Crippen LogP contribution in [0.1, 0.15) is 51.4 Å². The van der Waals surface area contributed by atoms with Gasteiger partial charge in [-0.25, -0.2) is 4.79 Å². The largest absolute Gasteiger partial charge is 0.334 e. The number of nitrogens with one attached hydrogen (secondary N) is 1. The lowest BCUT2D eigenvalue weighted by atomic mass is 9.84. The van der Waals surface area contributed by atoms with Crippen molar-refractivity contribution in [1.29, 1.82) is 0 Å². The molecule has 1 aliphatic heterocycles. The summed E-state index contributed by atoms with van der Waals surface area (Å²) >= 11 is 0. The molecule has 2 aliphatic rings. The first-order valence-corrected chi connectivity index (χ1v) is 7.57. The second-order valence-electron chi connectivity index (χ2n) is 5.74. The van der Waals surface area contributed by atoms with Crippen molar-refractivity contribution in [2.24, 2.45) is 11.7 Å². The van der Waals surface area contributed by atoms with Crippen LogP contribution in [-0.4, -0.2) is 36.6 Å². The molecule has 1 saturated carbocycles. The highest BCUT2D eigenvalue weighted by atomic mass is 16.2. The zero-order valence-electron chi connectivity index (χ0n) is 11.4. The van der Waals surface area contributed by atoms with Crippen LogP contribution in [0.3, 0.4) is 0 Å². The van der Waals surface area contributed by atoms with Gasteiger partial charge in [0.25, 0.3) is 0 Å². The molecule has 1 atom stereocenters. The Hall–Kier alpha value is -0.770. The van der Waals surface area contributed by atoms with Gasteiger partial charge in [-0.2, -0.15) is 0 Å². The molecule has 4 nitrogen and oxygen atoms in total. The predicted molar refractivity (Wildman–Crippen MR) is 73.4 cm³/mol. The van der Waals surface area contributed by atoms with Gasteiger partial charge in [-0.15, -0.1) is 0 Å². The van der Waals surface area contributed by atoms with Crippen LogP contribution in [0, 0.1) is 5.92 Å². The summed E-state index contributed by atoms with van der Waals surface area (Å²) in [5, 5.41) is 3.17. The normalized spacial score (nSPS) is 23.7. The number of urea groups is 1. The summed E-state index contributed by atoms with van der Waals surface area (Å²) in [5.41, 5.74) is 5.85. The molecular weight excluding hydrogens is 226 g/mol. The summed E-state index contributed by atoms with van der Waals surface area (Å²) in [6, 6.07) is 0.287. The summed E-state index contributed by atoms with van der Waals surface area (Å²) in [7, 11) is 0. The summed E-state index contributed by atoms with van der Waals surface area (Å²) in [6.07, 6.45) is 9.92. The van der Waals surface area contributed by atoms with Gasteiger partial charge < -0.3 is 16.0 Å². The summed E-state index contributed by atoms with van der Waals surface area (Å²) in [5.74, 6) is 0.595. The van der Waals surface area contributed by atoms with E-state index in [9.17, 15) is 4.79 Å². The van der Waals surface area contributed by atoms with E-state index in [0.717, 1.165) is 25.9 Å². The van der Waals surface area contributed by atoms with Gasteiger partial charge in [0, 0.05) is 25.7 Å². The maximum atomic E-state index is 12.2. The zero-order chi connectivity index (χ0) is 12.8. The highest BCUT2D eigenvalue weighted by Crippen LogP contribution is 2.26. The molecular formula is C14H27N3O. The molecule has 18 heavy (non-hydrogen) atoms. The molecule has 104 valence electrons. The fourth-order valence-electron chi connectivity index (χ4n) is 3.25. The predicted octanol–water partition coefficient (Wildman–Crippen LogP) is 2.09. The maximum Gasteiger partial charge on any atom is 0.317 e. The molecule has 2 fully saturated rings. The van der Waals surface area contributed by atoms with Gasteiger partial charge in [0.1, 0.15) is 0 Å². The van der Waals surface area contributed by atoms with Crippen molar-refractivity contribution in [1.82, 2.24) is 10.2 Å². The minimum absolute atomic E-state index is 0.107. The smallest absolute Gasteiger partial charge is 0.317 e. The quantitative estimate of drug-likeness (QED) is 0.809. The second kappa shape index (κ2) is 6.98. The van der Waals surface area contributed by atoms with Gasteiger partial charge >= 0.3 is 6.03 Å². The molecule has 1 aliphatic carbocycles. The number of amides is 2. The number of hydrogen-bond donors (Lipinski definition) is 2. The minimum Gasteiger partial charge on any atom is -0.334 e. The number of carbonyl (C=O) groups is 1. The van der Waals surface area contributed by atoms with Crippen LogP contribution in [0.2, 0.25) is 0 Å². The SMILES string of the molecule is NCC(NC(=O)N1CCCCC1)C1CCCCC1. The van der Waals surface area contributed by atoms with Crippen LogP contribution in [0.5, 0.6) is 0 Å². The van der Waals surface area contributed by atoms with E-state index in [0.29, 0.717) is 12.5 Å². The highest BCUT2D eigenvalue weighted by Gasteiger charge is 2.26. The van der Waals surface area contributed by atoms with Gasteiger partial charge in [0.2, 0.25) is 0 Å². The van der Waals surface area contributed by atoms with Crippen LogP contribution in [0.25, 0.3) is 0 Å². The highest BCUT2D eigenvalue weighted by molar-refractivity contribution is 5.74. The van der Waals surface area contributed by atoms with Gasteiger partial charge in [0.05, 0.1) is 0 Å². The summed E-state index contributed by atoms with van der Waals surface area (Å²) < 4.78 is 0. The van der Waals surface area contributed by atoms with Gasteiger partial charge in [-0.3, -0.25) is 0 Å². The number of piperidine rings is 1. The van der Waals surface area contributed by atoms with Crippen molar-refractivity contribution in [3.63, 3.8) is 0 Å². The molecule has 1 saturated heterocycles. The lowest BCUT2D eigenvalue weighted by Crippen LogP contribution is -2.52. The Morgan fingerprint density at radius 2 is 1.72 bits per heavy atom. The Balaban J connectivity index is 1.82. The average Bonchev–Trinajstić information content (AvgIpc) is 2.46. The molecule has 3 N–H and O–H groups in total. The molecule has 2 amide bonds. The van der Waals surface area contributed by atoms with Gasteiger partial charge in [0.15, 0.2) is 0 Å². The third-order valence-electron chi connectivity index (χ3n) is 4.42. The van der Waals surface area contributed by atoms with E-state index in [-0.39, 0.29) is 12.1 Å².